The fourth-order valence-electron chi connectivity index (χ4n) is 0.530. The summed E-state index contributed by atoms with van der Waals surface area (Å²) < 4.78 is 12.6. The molecule has 10 heavy (non-hydrogen) atoms. The van der Waals surface area contributed by atoms with Crippen molar-refractivity contribution in [2.75, 3.05) is 6.54 Å². The molecular weight excluding hydrogens is 137 g/mol. The van der Waals surface area contributed by atoms with Crippen LogP contribution in [0.5, 0.6) is 0 Å². The van der Waals surface area contributed by atoms with Gasteiger partial charge >= 0.3 is 0 Å². The van der Waals surface area contributed by atoms with E-state index in [1.54, 1.807) is 7.05 Å². The Kier molecular flexibility index (Phi) is 1.91. The minimum Gasteiger partial charge on any atom is -0.327 e. The van der Waals surface area contributed by atoms with Crippen molar-refractivity contribution in [1.82, 2.24) is 20.2 Å². The fraction of sp³-hybridized carbons (Fsp3) is 0.750. The van der Waals surface area contributed by atoms with Gasteiger partial charge < -0.3 is 5.73 Å². The Morgan fingerprint density at radius 2 is 2.50 bits per heavy atom. The number of aromatic nitrogens is 4. The number of hydrogen-bond acceptors (Lipinski definition) is 4. The molecule has 0 bridgehead atoms. The van der Waals surface area contributed by atoms with Crippen LogP contribution in [-0.4, -0.2) is 26.8 Å². The molecular formula is C4H8FN5. The summed E-state index contributed by atoms with van der Waals surface area (Å²) in [6.45, 7) is -0.105. The lowest BCUT2D eigenvalue weighted by Crippen LogP contribution is -2.09. The van der Waals surface area contributed by atoms with Gasteiger partial charge in [0, 0.05) is 6.54 Å². The van der Waals surface area contributed by atoms with Crippen LogP contribution in [0, 0.1) is 0 Å². The lowest BCUT2D eigenvalue weighted by Gasteiger charge is -1.94. The third-order valence-electron chi connectivity index (χ3n) is 1.01. The molecule has 0 amide bonds. The van der Waals surface area contributed by atoms with E-state index < -0.39 is 6.17 Å². The van der Waals surface area contributed by atoms with E-state index in [1.165, 1.54) is 4.80 Å². The van der Waals surface area contributed by atoms with E-state index in [9.17, 15) is 4.39 Å². The van der Waals surface area contributed by atoms with Gasteiger partial charge in [0.05, 0.1) is 7.05 Å². The Bertz CT molecular complexity index is 209. The topological polar surface area (TPSA) is 69.6 Å². The monoisotopic (exact) mass is 145 g/mol. The highest BCUT2D eigenvalue weighted by Gasteiger charge is 2.12. The highest BCUT2D eigenvalue weighted by atomic mass is 19.1. The maximum absolute atomic E-state index is 12.6. The first kappa shape index (κ1) is 7.07. The molecule has 0 aliphatic carbocycles. The maximum Gasteiger partial charge on any atom is 0.210 e. The zero-order valence-corrected chi connectivity index (χ0v) is 5.53. The van der Waals surface area contributed by atoms with Crippen molar-refractivity contribution in [2.24, 2.45) is 12.8 Å². The first-order valence-corrected chi connectivity index (χ1v) is 2.82. The van der Waals surface area contributed by atoms with Crippen molar-refractivity contribution in [3.05, 3.63) is 5.82 Å². The molecule has 0 radical (unpaired) electrons. The second-order valence-corrected chi connectivity index (χ2v) is 1.84. The summed E-state index contributed by atoms with van der Waals surface area (Å²) in [6, 6.07) is 0. The van der Waals surface area contributed by atoms with Gasteiger partial charge in [0.25, 0.3) is 0 Å². The highest BCUT2D eigenvalue weighted by Crippen LogP contribution is 2.07. The van der Waals surface area contributed by atoms with Crippen LogP contribution in [-0.2, 0) is 7.05 Å². The summed E-state index contributed by atoms with van der Waals surface area (Å²) in [5.41, 5.74) is 5.02. The molecule has 0 saturated heterocycles. The largest absolute Gasteiger partial charge is 0.327 e. The summed E-state index contributed by atoms with van der Waals surface area (Å²) in [4.78, 5) is 1.19. The van der Waals surface area contributed by atoms with E-state index in [-0.39, 0.29) is 12.4 Å². The van der Waals surface area contributed by atoms with Gasteiger partial charge in [-0.05, 0) is 5.21 Å². The Labute approximate surface area is 57.0 Å². The normalized spacial score (nSPS) is 13.5. The van der Waals surface area contributed by atoms with Crippen LogP contribution in [0.1, 0.15) is 12.0 Å². The average Bonchev–Trinajstić information content (AvgIpc) is 2.34. The van der Waals surface area contributed by atoms with Gasteiger partial charge in [-0.3, -0.25) is 0 Å². The quantitative estimate of drug-likeness (QED) is 0.590. The molecule has 1 aromatic rings. The summed E-state index contributed by atoms with van der Waals surface area (Å²) in [5, 5.41) is 10.5. The number of aryl methyl sites for hydroxylation is 1. The predicted octanol–water partition coefficient (Wildman–Crippen LogP) is -0.821. The van der Waals surface area contributed by atoms with Crippen LogP contribution in [0.4, 0.5) is 4.39 Å². The second-order valence-electron chi connectivity index (χ2n) is 1.84. The first-order chi connectivity index (χ1) is 4.74. The minimum absolute atomic E-state index is 0.0463. The lowest BCUT2D eigenvalue weighted by atomic mass is 10.4. The summed E-state index contributed by atoms with van der Waals surface area (Å²) in [7, 11) is 1.57. The van der Waals surface area contributed by atoms with Crippen LogP contribution < -0.4 is 5.73 Å². The van der Waals surface area contributed by atoms with Gasteiger partial charge in [0.1, 0.15) is 0 Å². The molecule has 0 aliphatic rings. The van der Waals surface area contributed by atoms with Gasteiger partial charge in [0.2, 0.25) is 5.82 Å². The van der Waals surface area contributed by atoms with Gasteiger partial charge in [-0.1, -0.05) is 0 Å². The molecule has 1 aromatic heterocycles. The van der Waals surface area contributed by atoms with Crippen molar-refractivity contribution in [3.63, 3.8) is 0 Å². The first-order valence-electron chi connectivity index (χ1n) is 2.82. The molecule has 0 saturated carbocycles. The second kappa shape index (κ2) is 2.70. The molecule has 2 N–H and O–H groups in total. The third-order valence-corrected chi connectivity index (χ3v) is 1.01. The Morgan fingerprint density at radius 1 is 1.80 bits per heavy atom. The van der Waals surface area contributed by atoms with Gasteiger partial charge in [-0.25, -0.2) is 4.39 Å². The number of halogens is 1. The predicted molar refractivity (Wildman–Crippen MR) is 31.7 cm³/mol. The van der Waals surface area contributed by atoms with Crippen molar-refractivity contribution in [3.8, 4) is 0 Å². The van der Waals surface area contributed by atoms with Crippen molar-refractivity contribution in [1.29, 1.82) is 0 Å². The molecule has 6 heteroatoms. The Hall–Kier alpha value is -1.04. The maximum atomic E-state index is 12.6. The summed E-state index contributed by atoms with van der Waals surface area (Å²) >= 11 is 0. The van der Waals surface area contributed by atoms with Gasteiger partial charge in [-0.15, -0.1) is 10.2 Å². The molecule has 1 atom stereocenters. The molecule has 0 spiro atoms. The van der Waals surface area contributed by atoms with Crippen molar-refractivity contribution < 1.29 is 4.39 Å². The van der Waals surface area contributed by atoms with Crippen LogP contribution >= 0.6 is 0 Å². The van der Waals surface area contributed by atoms with E-state index in [0.717, 1.165) is 0 Å². The van der Waals surface area contributed by atoms with Crippen LogP contribution in [0.25, 0.3) is 0 Å². The fourth-order valence-corrected chi connectivity index (χ4v) is 0.530. The van der Waals surface area contributed by atoms with E-state index in [2.05, 4.69) is 15.4 Å². The SMILES string of the molecule is Cn1nnc(C(F)CN)n1. The standard InChI is InChI=1S/C4H8FN5/c1-10-8-4(7-9-10)3(5)2-6/h3H,2,6H2,1H3. The molecule has 1 rings (SSSR count). The molecule has 0 aliphatic heterocycles. The highest BCUT2D eigenvalue weighted by molar-refractivity contribution is 4.84. The smallest absolute Gasteiger partial charge is 0.210 e. The number of nitrogens with zero attached hydrogens (tertiary/aromatic N) is 4. The average molecular weight is 145 g/mol. The molecule has 0 fully saturated rings. The zero-order valence-electron chi connectivity index (χ0n) is 5.53. The van der Waals surface area contributed by atoms with Crippen molar-refractivity contribution >= 4 is 0 Å². The number of alkyl halides is 1. The molecule has 5 nitrogen and oxygen atoms in total. The van der Waals surface area contributed by atoms with Gasteiger partial charge in [0.15, 0.2) is 6.17 Å². The minimum atomic E-state index is -1.30. The summed E-state index contributed by atoms with van der Waals surface area (Å²) in [6.07, 6.45) is -1.30. The van der Waals surface area contributed by atoms with Crippen molar-refractivity contribution in [2.45, 2.75) is 6.17 Å². The Balaban J connectivity index is 2.74. The third kappa shape index (κ3) is 1.27. The molecule has 56 valence electrons. The van der Waals surface area contributed by atoms with E-state index in [1.807, 2.05) is 0 Å². The zero-order chi connectivity index (χ0) is 7.56. The molecule has 0 aromatic carbocycles. The molecule has 1 heterocycles. The van der Waals surface area contributed by atoms with Gasteiger partial charge in [-0.2, -0.15) is 4.80 Å². The van der Waals surface area contributed by atoms with Crippen LogP contribution in [0.3, 0.4) is 0 Å². The number of rotatable bonds is 2. The van der Waals surface area contributed by atoms with Crippen LogP contribution in [0.15, 0.2) is 0 Å². The Morgan fingerprint density at radius 3 is 2.90 bits per heavy atom. The van der Waals surface area contributed by atoms with E-state index in [4.69, 9.17) is 5.73 Å². The summed E-state index contributed by atoms with van der Waals surface area (Å²) in [5.74, 6) is 0.0463. The lowest BCUT2D eigenvalue weighted by molar-refractivity contribution is 0.335. The van der Waals surface area contributed by atoms with Crippen LogP contribution in [0.2, 0.25) is 0 Å². The van der Waals surface area contributed by atoms with E-state index >= 15 is 0 Å². The molecule has 1 unspecified atom stereocenters. The number of nitrogens with two attached hydrogens (primary N) is 1. The number of tetrazole rings is 1. The number of hydrogen-bond donors (Lipinski definition) is 1. The van der Waals surface area contributed by atoms with E-state index in [0.29, 0.717) is 0 Å².